The highest BCUT2D eigenvalue weighted by Crippen LogP contribution is 2.23. The summed E-state index contributed by atoms with van der Waals surface area (Å²) in [5.74, 6) is 0.918. The Bertz CT molecular complexity index is 546. The molecule has 4 heteroatoms. The van der Waals surface area contributed by atoms with E-state index in [-0.39, 0.29) is 6.04 Å². The van der Waals surface area contributed by atoms with E-state index < -0.39 is 0 Å². The Kier molecular flexibility index (Phi) is 5.15. The van der Waals surface area contributed by atoms with Crippen molar-refractivity contribution in [3.05, 3.63) is 45.4 Å². The van der Waals surface area contributed by atoms with Crippen molar-refractivity contribution < 1.29 is 4.74 Å². The fourth-order valence-corrected chi connectivity index (χ4v) is 2.83. The first-order chi connectivity index (χ1) is 9.60. The van der Waals surface area contributed by atoms with Crippen LogP contribution in [0.25, 0.3) is 0 Å². The highest BCUT2D eigenvalue weighted by molar-refractivity contribution is 7.11. The topological polar surface area (TPSA) is 48.1 Å². The Balaban J connectivity index is 2.05. The molecule has 0 radical (unpaired) electrons. The van der Waals surface area contributed by atoms with Gasteiger partial charge in [0, 0.05) is 10.9 Å². The SMILES string of the molecule is CCC(N)Cc1ccccc1OCc1nc(C)c(C)s1. The molecular weight excluding hydrogens is 268 g/mol. The van der Waals surface area contributed by atoms with Crippen molar-refractivity contribution >= 4 is 11.3 Å². The maximum Gasteiger partial charge on any atom is 0.140 e. The number of aryl methyl sites for hydroxylation is 2. The first-order valence-corrected chi connectivity index (χ1v) is 7.81. The monoisotopic (exact) mass is 290 g/mol. The van der Waals surface area contributed by atoms with Crippen LogP contribution in [0.2, 0.25) is 0 Å². The van der Waals surface area contributed by atoms with Crippen LogP contribution >= 0.6 is 11.3 Å². The zero-order valence-electron chi connectivity index (χ0n) is 12.3. The van der Waals surface area contributed by atoms with Crippen LogP contribution in [0, 0.1) is 13.8 Å². The lowest BCUT2D eigenvalue weighted by atomic mass is 10.0. The molecule has 0 aliphatic rings. The molecule has 0 amide bonds. The van der Waals surface area contributed by atoms with E-state index in [4.69, 9.17) is 10.5 Å². The van der Waals surface area contributed by atoms with Gasteiger partial charge in [-0.1, -0.05) is 25.1 Å². The van der Waals surface area contributed by atoms with Crippen LogP contribution in [0.5, 0.6) is 5.75 Å². The second kappa shape index (κ2) is 6.86. The van der Waals surface area contributed by atoms with E-state index in [1.807, 2.05) is 25.1 Å². The molecule has 0 spiro atoms. The summed E-state index contributed by atoms with van der Waals surface area (Å²) in [4.78, 5) is 5.76. The smallest absolute Gasteiger partial charge is 0.140 e. The third-order valence-corrected chi connectivity index (χ3v) is 4.45. The van der Waals surface area contributed by atoms with Crippen LogP contribution in [0.15, 0.2) is 24.3 Å². The molecule has 0 bridgehead atoms. The van der Waals surface area contributed by atoms with Crippen molar-refractivity contribution in [1.82, 2.24) is 4.98 Å². The van der Waals surface area contributed by atoms with Crippen LogP contribution in [0.1, 0.15) is 34.5 Å². The molecule has 0 saturated carbocycles. The van der Waals surface area contributed by atoms with Gasteiger partial charge in [-0.15, -0.1) is 11.3 Å². The summed E-state index contributed by atoms with van der Waals surface area (Å²) < 4.78 is 5.93. The molecular formula is C16H22N2OS. The molecule has 3 nitrogen and oxygen atoms in total. The molecule has 1 aromatic carbocycles. The Hall–Kier alpha value is -1.39. The largest absolute Gasteiger partial charge is 0.486 e. The third kappa shape index (κ3) is 3.81. The highest BCUT2D eigenvalue weighted by atomic mass is 32.1. The first kappa shape index (κ1) is 15.0. The number of ether oxygens (including phenoxy) is 1. The first-order valence-electron chi connectivity index (χ1n) is 6.99. The predicted molar refractivity (Wildman–Crippen MR) is 84.3 cm³/mol. The van der Waals surface area contributed by atoms with Crippen molar-refractivity contribution in [2.24, 2.45) is 5.73 Å². The minimum Gasteiger partial charge on any atom is -0.486 e. The molecule has 1 heterocycles. The van der Waals surface area contributed by atoms with Crippen molar-refractivity contribution in [2.75, 3.05) is 0 Å². The minimum absolute atomic E-state index is 0.184. The van der Waals surface area contributed by atoms with Gasteiger partial charge in [-0.25, -0.2) is 4.98 Å². The summed E-state index contributed by atoms with van der Waals surface area (Å²) in [5, 5.41) is 1.02. The summed E-state index contributed by atoms with van der Waals surface area (Å²) in [6.07, 6.45) is 1.82. The highest BCUT2D eigenvalue weighted by Gasteiger charge is 2.09. The van der Waals surface area contributed by atoms with Gasteiger partial charge in [-0.05, 0) is 38.3 Å². The molecule has 0 aliphatic heterocycles. The quantitative estimate of drug-likeness (QED) is 0.884. The van der Waals surface area contributed by atoms with Crippen molar-refractivity contribution in [1.29, 1.82) is 0 Å². The van der Waals surface area contributed by atoms with Gasteiger partial charge in [0.2, 0.25) is 0 Å². The molecule has 1 unspecified atom stereocenters. The fourth-order valence-electron chi connectivity index (χ4n) is 1.98. The van der Waals surface area contributed by atoms with E-state index in [0.29, 0.717) is 6.61 Å². The molecule has 1 atom stereocenters. The second-order valence-electron chi connectivity index (χ2n) is 5.02. The number of nitrogens with two attached hydrogens (primary N) is 1. The summed E-state index contributed by atoms with van der Waals surface area (Å²) in [6, 6.07) is 8.30. The lowest BCUT2D eigenvalue weighted by Crippen LogP contribution is -2.21. The fraction of sp³-hybridized carbons (Fsp3) is 0.438. The van der Waals surface area contributed by atoms with Crippen LogP contribution in [-0.2, 0) is 13.0 Å². The Labute approximate surface area is 124 Å². The van der Waals surface area contributed by atoms with E-state index in [2.05, 4.69) is 24.9 Å². The number of aromatic nitrogens is 1. The average Bonchev–Trinajstić information content (AvgIpc) is 2.76. The molecule has 20 heavy (non-hydrogen) atoms. The molecule has 0 aliphatic carbocycles. The van der Waals surface area contributed by atoms with Gasteiger partial charge in [-0.2, -0.15) is 0 Å². The number of hydrogen-bond donors (Lipinski definition) is 1. The van der Waals surface area contributed by atoms with Crippen LogP contribution in [0.4, 0.5) is 0 Å². The van der Waals surface area contributed by atoms with Gasteiger partial charge in [0.15, 0.2) is 0 Å². The van der Waals surface area contributed by atoms with E-state index in [1.54, 1.807) is 11.3 Å². The zero-order valence-corrected chi connectivity index (χ0v) is 13.2. The standard InChI is InChI=1S/C16H22N2OS/c1-4-14(17)9-13-7-5-6-8-15(13)19-10-16-18-11(2)12(3)20-16/h5-8,14H,4,9-10,17H2,1-3H3. The average molecular weight is 290 g/mol. The molecule has 108 valence electrons. The lowest BCUT2D eigenvalue weighted by Gasteiger charge is -2.13. The van der Waals surface area contributed by atoms with E-state index in [1.165, 1.54) is 10.4 Å². The van der Waals surface area contributed by atoms with Crippen LogP contribution < -0.4 is 10.5 Å². The Morgan fingerprint density at radius 3 is 2.70 bits per heavy atom. The third-order valence-electron chi connectivity index (χ3n) is 3.40. The number of para-hydroxylation sites is 1. The Morgan fingerprint density at radius 1 is 1.30 bits per heavy atom. The van der Waals surface area contributed by atoms with Crippen LogP contribution in [0.3, 0.4) is 0 Å². The maximum absolute atomic E-state index is 6.04. The van der Waals surface area contributed by atoms with E-state index in [9.17, 15) is 0 Å². The van der Waals surface area contributed by atoms with Gasteiger partial charge < -0.3 is 10.5 Å². The van der Waals surface area contributed by atoms with Gasteiger partial charge in [0.25, 0.3) is 0 Å². The summed E-state index contributed by atoms with van der Waals surface area (Å²) in [6.45, 7) is 6.75. The van der Waals surface area contributed by atoms with Crippen molar-refractivity contribution in [3.63, 3.8) is 0 Å². The van der Waals surface area contributed by atoms with E-state index in [0.717, 1.165) is 29.3 Å². The summed E-state index contributed by atoms with van der Waals surface area (Å²) >= 11 is 1.70. The minimum atomic E-state index is 0.184. The molecule has 2 N–H and O–H groups in total. The Morgan fingerprint density at radius 2 is 2.05 bits per heavy atom. The van der Waals surface area contributed by atoms with Gasteiger partial charge in [0.1, 0.15) is 17.4 Å². The zero-order chi connectivity index (χ0) is 14.5. The maximum atomic E-state index is 6.04. The number of thiazole rings is 1. The molecule has 0 fully saturated rings. The molecule has 2 aromatic rings. The lowest BCUT2D eigenvalue weighted by molar-refractivity contribution is 0.301. The molecule has 0 saturated heterocycles. The summed E-state index contributed by atoms with van der Waals surface area (Å²) in [7, 11) is 0. The number of rotatable bonds is 6. The molecule has 2 rings (SSSR count). The number of benzene rings is 1. The van der Waals surface area contributed by atoms with Gasteiger partial charge >= 0.3 is 0 Å². The van der Waals surface area contributed by atoms with Gasteiger partial charge in [-0.3, -0.25) is 0 Å². The normalized spacial score (nSPS) is 12.4. The second-order valence-corrected chi connectivity index (χ2v) is 6.31. The number of nitrogens with zero attached hydrogens (tertiary/aromatic N) is 1. The van der Waals surface area contributed by atoms with Crippen molar-refractivity contribution in [3.8, 4) is 5.75 Å². The van der Waals surface area contributed by atoms with Gasteiger partial charge in [0.05, 0.1) is 5.69 Å². The summed E-state index contributed by atoms with van der Waals surface area (Å²) in [5.41, 5.74) is 8.30. The molecule has 1 aromatic heterocycles. The van der Waals surface area contributed by atoms with Crippen LogP contribution in [-0.4, -0.2) is 11.0 Å². The van der Waals surface area contributed by atoms with Crippen molar-refractivity contribution in [2.45, 2.75) is 46.3 Å². The van der Waals surface area contributed by atoms with E-state index >= 15 is 0 Å². The number of hydrogen-bond acceptors (Lipinski definition) is 4. The predicted octanol–water partition coefficient (Wildman–Crippen LogP) is 3.62.